The average Bonchev–Trinajstić information content (AvgIpc) is 3.75. The van der Waals surface area contributed by atoms with Crippen LogP contribution >= 0.6 is 0 Å². The molecule has 0 N–H and O–H groups in total. The monoisotopic (exact) mass is 627 g/mol. The van der Waals surface area contributed by atoms with Crippen LogP contribution in [0.3, 0.4) is 0 Å². The van der Waals surface area contributed by atoms with Crippen LogP contribution in [-0.2, 0) is 0 Å². The molecule has 10 aromatic rings. The number of rotatable bonds is 5. The predicted molar refractivity (Wildman–Crippen MR) is 204 cm³/mol. The number of benzene rings is 8. The zero-order valence-corrected chi connectivity index (χ0v) is 26.5. The molecule has 0 amide bonds. The number of hydrogen-bond acceptors (Lipinski definition) is 3. The third-order valence-electron chi connectivity index (χ3n) is 9.67. The summed E-state index contributed by atoms with van der Waals surface area (Å²) in [5, 5.41) is 6.80. The molecular formula is C46H29NO2. The average molecular weight is 628 g/mol. The minimum Gasteiger partial charge on any atom is -0.456 e. The van der Waals surface area contributed by atoms with Gasteiger partial charge >= 0.3 is 0 Å². The molecule has 3 heteroatoms. The number of fused-ring (bicyclic) bond motifs is 8. The van der Waals surface area contributed by atoms with Crippen LogP contribution in [0.4, 0.5) is 17.1 Å². The number of furan rings is 2. The molecule has 10 rings (SSSR count). The highest BCUT2D eigenvalue weighted by molar-refractivity contribution is 6.19. The quantitative estimate of drug-likeness (QED) is 0.190. The molecule has 0 aliphatic rings. The number of anilines is 3. The Morgan fingerprint density at radius 3 is 1.80 bits per heavy atom. The van der Waals surface area contributed by atoms with Crippen molar-refractivity contribution in [1.29, 1.82) is 0 Å². The molecule has 2 aromatic heterocycles. The lowest BCUT2D eigenvalue weighted by atomic mass is 9.98. The first-order valence-electron chi connectivity index (χ1n) is 16.6. The lowest BCUT2D eigenvalue weighted by Crippen LogP contribution is -2.09. The maximum Gasteiger partial charge on any atom is 0.143 e. The highest BCUT2D eigenvalue weighted by Crippen LogP contribution is 2.42. The maximum absolute atomic E-state index is 6.49. The van der Waals surface area contributed by atoms with Crippen molar-refractivity contribution in [3.05, 3.63) is 176 Å². The fourth-order valence-corrected chi connectivity index (χ4v) is 7.32. The molecule has 0 fully saturated rings. The third kappa shape index (κ3) is 4.51. The Labute approximate surface area is 282 Å². The van der Waals surface area contributed by atoms with E-state index in [9.17, 15) is 0 Å². The number of nitrogens with zero attached hydrogens (tertiary/aromatic N) is 1. The number of hydrogen-bond donors (Lipinski definition) is 0. The van der Waals surface area contributed by atoms with E-state index >= 15 is 0 Å². The molecule has 0 spiro atoms. The molecule has 0 aliphatic heterocycles. The van der Waals surface area contributed by atoms with Crippen LogP contribution in [-0.4, -0.2) is 0 Å². The van der Waals surface area contributed by atoms with Gasteiger partial charge in [-0.1, -0.05) is 115 Å². The summed E-state index contributed by atoms with van der Waals surface area (Å²) in [6.07, 6.45) is 0. The standard InChI is InChI=1S/C46H29NO2/c1-2-9-30(10-3-1)31-17-22-34(23-18-31)47(36-26-28-43-41(29-36)39-13-6-7-15-42(39)48-43)35-24-19-33(20-25-35)37-14-8-16-44-45(37)40-27-21-32-11-4-5-12-38(32)46(40)49-44/h1-29H. The second-order valence-corrected chi connectivity index (χ2v) is 12.5. The van der Waals surface area contributed by atoms with Gasteiger partial charge in [-0.3, -0.25) is 0 Å². The molecule has 0 atom stereocenters. The predicted octanol–water partition coefficient (Wildman–Crippen LogP) is 13.4. The third-order valence-corrected chi connectivity index (χ3v) is 9.67. The summed E-state index contributed by atoms with van der Waals surface area (Å²) >= 11 is 0. The van der Waals surface area contributed by atoms with Crippen molar-refractivity contribution in [2.24, 2.45) is 0 Å². The van der Waals surface area contributed by atoms with Crippen LogP contribution < -0.4 is 4.90 Å². The molecule has 0 radical (unpaired) electrons. The minimum atomic E-state index is 0.882. The maximum atomic E-state index is 6.49. The smallest absolute Gasteiger partial charge is 0.143 e. The van der Waals surface area contributed by atoms with Gasteiger partial charge in [-0.25, -0.2) is 0 Å². The van der Waals surface area contributed by atoms with E-state index in [4.69, 9.17) is 8.83 Å². The molecular weight excluding hydrogens is 599 g/mol. The summed E-state index contributed by atoms with van der Waals surface area (Å²) in [6, 6.07) is 62.0. The summed E-state index contributed by atoms with van der Waals surface area (Å²) in [7, 11) is 0. The van der Waals surface area contributed by atoms with Gasteiger partial charge in [0, 0.05) is 44.0 Å². The molecule has 2 heterocycles. The topological polar surface area (TPSA) is 29.5 Å². The van der Waals surface area contributed by atoms with E-state index in [2.05, 4.69) is 169 Å². The zero-order chi connectivity index (χ0) is 32.3. The summed E-state index contributed by atoms with van der Waals surface area (Å²) in [5.41, 5.74) is 11.5. The molecule has 3 nitrogen and oxygen atoms in total. The van der Waals surface area contributed by atoms with Crippen molar-refractivity contribution >= 4 is 71.7 Å². The van der Waals surface area contributed by atoms with Crippen LogP contribution in [0.1, 0.15) is 0 Å². The number of para-hydroxylation sites is 1. The summed E-state index contributed by atoms with van der Waals surface area (Å²) in [5.74, 6) is 0. The lowest BCUT2D eigenvalue weighted by molar-refractivity contribution is 0.669. The first kappa shape index (κ1) is 27.5. The summed E-state index contributed by atoms with van der Waals surface area (Å²) < 4.78 is 12.7. The van der Waals surface area contributed by atoms with Gasteiger partial charge < -0.3 is 13.7 Å². The van der Waals surface area contributed by atoms with Crippen molar-refractivity contribution in [3.8, 4) is 22.3 Å². The van der Waals surface area contributed by atoms with Crippen LogP contribution in [0.25, 0.3) is 76.9 Å². The second kappa shape index (κ2) is 11.0. The van der Waals surface area contributed by atoms with Crippen molar-refractivity contribution in [2.45, 2.75) is 0 Å². The second-order valence-electron chi connectivity index (χ2n) is 12.5. The highest BCUT2D eigenvalue weighted by Gasteiger charge is 2.18. The van der Waals surface area contributed by atoms with Gasteiger partial charge in [0.25, 0.3) is 0 Å². The molecule has 49 heavy (non-hydrogen) atoms. The van der Waals surface area contributed by atoms with Crippen LogP contribution in [0.2, 0.25) is 0 Å². The van der Waals surface area contributed by atoms with Crippen molar-refractivity contribution < 1.29 is 8.83 Å². The van der Waals surface area contributed by atoms with Crippen LogP contribution in [0.15, 0.2) is 185 Å². The first-order chi connectivity index (χ1) is 24.3. The molecule has 0 unspecified atom stereocenters. The fraction of sp³-hybridized carbons (Fsp3) is 0. The van der Waals surface area contributed by atoms with Crippen LogP contribution in [0, 0.1) is 0 Å². The molecule has 0 saturated carbocycles. The van der Waals surface area contributed by atoms with E-state index in [-0.39, 0.29) is 0 Å². The molecule has 230 valence electrons. The van der Waals surface area contributed by atoms with E-state index in [1.165, 1.54) is 16.5 Å². The zero-order valence-electron chi connectivity index (χ0n) is 26.5. The van der Waals surface area contributed by atoms with E-state index in [0.29, 0.717) is 0 Å². The van der Waals surface area contributed by atoms with Crippen molar-refractivity contribution in [1.82, 2.24) is 0 Å². The van der Waals surface area contributed by atoms with E-state index in [1.54, 1.807) is 0 Å². The van der Waals surface area contributed by atoms with Gasteiger partial charge in [-0.15, -0.1) is 0 Å². The Morgan fingerprint density at radius 1 is 0.347 bits per heavy atom. The first-order valence-corrected chi connectivity index (χ1v) is 16.6. The van der Waals surface area contributed by atoms with Gasteiger partial charge in [0.15, 0.2) is 0 Å². The van der Waals surface area contributed by atoms with Gasteiger partial charge in [0.2, 0.25) is 0 Å². The van der Waals surface area contributed by atoms with Gasteiger partial charge in [-0.05, 0) is 88.3 Å². The van der Waals surface area contributed by atoms with Gasteiger partial charge in [-0.2, -0.15) is 0 Å². The minimum absolute atomic E-state index is 0.882. The fourth-order valence-electron chi connectivity index (χ4n) is 7.32. The van der Waals surface area contributed by atoms with E-state index in [1.807, 2.05) is 12.1 Å². The largest absolute Gasteiger partial charge is 0.456 e. The SMILES string of the molecule is c1ccc(-c2ccc(N(c3ccc(-c4cccc5oc6c7ccccc7ccc6c45)cc3)c3ccc4oc5ccccc5c4c3)cc2)cc1. The Morgan fingerprint density at radius 2 is 0.980 bits per heavy atom. The lowest BCUT2D eigenvalue weighted by Gasteiger charge is -2.26. The summed E-state index contributed by atoms with van der Waals surface area (Å²) in [4.78, 5) is 2.32. The van der Waals surface area contributed by atoms with Crippen molar-refractivity contribution in [2.75, 3.05) is 4.90 Å². The Kier molecular flexibility index (Phi) is 6.18. The van der Waals surface area contributed by atoms with E-state index < -0.39 is 0 Å². The normalized spacial score (nSPS) is 11.7. The Balaban J connectivity index is 1.11. The Bertz CT molecular complexity index is 2810. The highest BCUT2D eigenvalue weighted by atomic mass is 16.3. The van der Waals surface area contributed by atoms with Gasteiger partial charge in [0.05, 0.1) is 0 Å². The molecule has 0 bridgehead atoms. The van der Waals surface area contributed by atoms with Crippen molar-refractivity contribution in [3.63, 3.8) is 0 Å². The van der Waals surface area contributed by atoms with E-state index in [0.717, 1.165) is 77.5 Å². The molecule has 0 aliphatic carbocycles. The molecule has 8 aromatic carbocycles. The van der Waals surface area contributed by atoms with Gasteiger partial charge in [0.1, 0.15) is 22.3 Å². The molecule has 0 saturated heterocycles. The Hall–Kier alpha value is -6.58. The summed E-state index contributed by atoms with van der Waals surface area (Å²) in [6.45, 7) is 0. The van der Waals surface area contributed by atoms with Crippen LogP contribution in [0.5, 0.6) is 0 Å².